The summed E-state index contributed by atoms with van der Waals surface area (Å²) in [6.45, 7) is 3.52. The highest BCUT2D eigenvalue weighted by Gasteiger charge is 2.20. The zero-order valence-corrected chi connectivity index (χ0v) is 19.7. The van der Waals surface area contributed by atoms with Gasteiger partial charge in [-0.05, 0) is 62.4 Å². The van der Waals surface area contributed by atoms with Crippen molar-refractivity contribution in [1.82, 2.24) is 19.6 Å². The molecular weight excluding hydrogens is 456 g/mol. The van der Waals surface area contributed by atoms with E-state index in [0.717, 1.165) is 23.9 Å². The van der Waals surface area contributed by atoms with Gasteiger partial charge in [0.25, 0.3) is 0 Å². The summed E-state index contributed by atoms with van der Waals surface area (Å²) in [7, 11) is 0. The van der Waals surface area contributed by atoms with Crippen molar-refractivity contribution in [3.8, 4) is 34.6 Å². The van der Waals surface area contributed by atoms with E-state index in [0.29, 0.717) is 45.8 Å². The van der Waals surface area contributed by atoms with Crippen molar-refractivity contribution in [2.75, 3.05) is 0 Å². The van der Waals surface area contributed by atoms with Gasteiger partial charge in [-0.1, -0.05) is 36.4 Å². The van der Waals surface area contributed by atoms with Crippen LogP contribution in [0.15, 0.2) is 84.9 Å². The maximum Gasteiger partial charge on any atom is 0.233 e. The number of aryl methyl sites for hydroxylation is 2. The molecule has 0 aliphatic heterocycles. The number of aldehydes is 2. The normalized spacial score (nSPS) is 10.7. The van der Waals surface area contributed by atoms with E-state index in [-0.39, 0.29) is 0 Å². The lowest BCUT2D eigenvalue weighted by Gasteiger charge is -2.12. The first-order valence-electron chi connectivity index (χ1n) is 11.2. The van der Waals surface area contributed by atoms with Crippen LogP contribution in [0.3, 0.4) is 0 Å². The van der Waals surface area contributed by atoms with Crippen molar-refractivity contribution >= 4 is 12.6 Å². The SMILES string of the molecule is Cc1nn(-c2ccccc2)c(Oc2ccc(Oc3c(C=O)c(C)nn3-c3ccccc3)cc2)c1C=O. The second-order valence-electron chi connectivity index (χ2n) is 8.01. The van der Waals surface area contributed by atoms with Crippen LogP contribution in [-0.2, 0) is 0 Å². The predicted octanol–water partition coefficient (Wildman–Crippen LogP) is 5.88. The Morgan fingerprint density at radius 2 is 0.944 bits per heavy atom. The number of carbonyl (C=O) groups excluding carboxylic acids is 2. The van der Waals surface area contributed by atoms with Crippen LogP contribution in [0.5, 0.6) is 23.3 Å². The number of hydrogen-bond acceptors (Lipinski definition) is 6. The minimum atomic E-state index is 0.323. The van der Waals surface area contributed by atoms with Gasteiger partial charge in [0.1, 0.15) is 11.5 Å². The molecule has 36 heavy (non-hydrogen) atoms. The van der Waals surface area contributed by atoms with Crippen molar-refractivity contribution in [3.63, 3.8) is 0 Å². The van der Waals surface area contributed by atoms with Gasteiger partial charge in [0.05, 0.1) is 33.9 Å². The van der Waals surface area contributed by atoms with E-state index in [1.165, 1.54) is 0 Å². The molecule has 0 aliphatic rings. The number of ether oxygens (including phenoxy) is 2. The first-order chi connectivity index (χ1) is 17.6. The quantitative estimate of drug-likeness (QED) is 0.259. The van der Waals surface area contributed by atoms with Crippen LogP contribution in [0.4, 0.5) is 0 Å². The van der Waals surface area contributed by atoms with E-state index in [1.807, 2.05) is 60.7 Å². The molecule has 0 atom stereocenters. The summed E-state index contributed by atoms with van der Waals surface area (Å²) < 4.78 is 15.4. The highest BCUT2D eigenvalue weighted by atomic mass is 16.5. The molecule has 0 fully saturated rings. The van der Waals surface area contributed by atoms with Crippen LogP contribution in [-0.4, -0.2) is 32.1 Å². The lowest BCUT2D eigenvalue weighted by molar-refractivity contribution is 0.111. The molecule has 0 N–H and O–H groups in total. The molecule has 0 aliphatic carbocycles. The summed E-state index contributed by atoms with van der Waals surface area (Å²) >= 11 is 0. The van der Waals surface area contributed by atoms with Crippen molar-refractivity contribution < 1.29 is 19.1 Å². The standard InChI is InChI=1S/C28H22N4O4/c1-19-25(17-33)27(31(29-19)21-9-5-3-6-10-21)35-23-13-15-24(16-14-23)36-28-26(18-34)20(2)30-32(28)22-11-7-4-8-12-22/h3-18H,1-2H3. The molecular formula is C28H22N4O4. The average molecular weight is 479 g/mol. The van der Waals surface area contributed by atoms with E-state index in [2.05, 4.69) is 10.2 Å². The Morgan fingerprint density at radius 3 is 1.28 bits per heavy atom. The summed E-state index contributed by atoms with van der Waals surface area (Å²) in [5, 5.41) is 8.95. The van der Waals surface area contributed by atoms with Crippen LogP contribution in [0.2, 0.25) is 0 Å². The van der Waals surface area contributed by atoms with Crippen LogP contribution < -0.4 is 9.47 Å². The molecule has 0 radical (unpaired) electrons. The molecule has 8 nitrogen and oxygen atoms in total. The van der Waals surface area contributed by atoms with Gasteiger partial charge < -0.3 is 9.47 Å². The Labute approximate surface area is 207 Å². The third-order valence-electron chi connectivity index (χ3n) is 5.62. The number of rotatable bonds is 8. The van der Waals surface area contributed by atoms with E-state index in [1.54, 1.807) is 47.5 Å². The summed E-state index contributed by atoms with van der Waals surface area (Å²) in [6.07, 6.45) is 1.48. The zero-order chi connectivity index (χ0) is 25.1. The topological polar surface area (TPSA) is 88.2 Å². The summed E-state index contributed by atoms with van der Waals surface area (Å²) in [5.41, 5.74) is 3.42. The van der Waals surface area contributed by atoms with Crippen molar-refractivity contribution in [2.24, 2.45) is 0 Å². The van der Waals surface area contributed by atoms with Gasteiger partial charge in [-0.3, -0.25) is 9.59 Å². The first-order valence-corrected chi connectivity index (χ1v) is 11.2. The van der Waals surface area contributed by atoms with Crippen molar-refractivity contribution in [2.45, 2.75) is 13.8 Å². The van der Waals surface area contributed by atoms with Gasteiger partial charge in [0.2, 0.25) is 11.8 Å². The fraction of sp³-hybridized carbons (Fsp3) is 0.0714. The van der Waals surface area contributed by atoms with Gasteiger partial charge >= 0.3 is 0 Å². The fourth-order valence-electron chi connectivity index (χ4n) is 3.79. The predicted molar refractivity (Wildman–Crippen MR) is 134 cm³/mol. The number of hydrogen-bond donors (Lipinski definition) is 0. The van der Waals surface area contributed by atoms with E-state index >= 15 is 0 Å². The van der Waals surface area contributed by atoms with Crippen molar-refractivity contribution in [1.29, 1.82) is 0 Å². The van der Waals surface area contributed by atoms with E-state index < -0.39 is 0 Å². The van der Waals surface area contributed by atoms with Crippen LogP contribution in [0.25, 0.3) is 11.4 Å². The Balaban J connectivity index is 1.45. The zero-order valence-electron chi connectivity index (χ0n) is 19.7. The van der Waals surface area contributed by atoms with Crippen LogP contribution in [0.1, 0.15) is 32.1 Å². The van der Waals surface area contributed by atoms with Crippen LogP contribution >= 0.6 is 0 Å². The Morgan fingerprint density at radius 1 is 0.583 bits per heavy atom. The minimum absolute atomic E-state index is 0.323. The molecule has 0 saturated heterocycles. The Bertz CT molecular complexity index is 1410. The molecule has 0 amide bonds. The lowest BCUT2D eigenvalue weighted by atomic mass is 10.2. The molecule has 3 aromatic carbocycles. The third-order valence-corrected chi connectivity index (χ3v) is 5.62. The van der Waals surface area contributed by atoms with Gasteiger partial charge in [0.15, 0.2) is 12.6 Å². The number of para-hydroxylation sites is 2. The molecule has 0 spiro atoms. The van der Waals surface area contributed by atoms with Gasteiger partial charge in [0, 0.05) is 0 Å². The van der Waals surface area contributed by atoms with Crippen molar-refractivity contribution in [3.05, 3.63) is 107 Å². The molecule has 8 heteroatoms. The number of benzene rings is 3. The molecule has 0 saturated carbocycles. The molecule has 5 rings (SSSR count). The Hall–Kier alpha value is -4.98. The molecule has 178 valence electrons. The smallest absolute Gasteiger partial charge is 0.233 e. The van der Waals surface area contributed by atoms with Crippen LogP contribution in [0, 0.1) is 13.8 Å². The molecule has 2 aromatic heterocycles. The fourth-order valence-corrected chi connectivity index (χ4v) is 3.79. The highest BCUT2D eigenvalue weighted by Crippen LogP contribution is 2.33. The first kappa shape index (κ1) is 22.8. The largest absolute Gasteiger partial charge is 0.438 e. The van der Waals surface area contributed by atoms with E-state index in [9.17, 15) is 9.59 Å². The molecule has 0 unspecified atom stereocenters. The summed E-state index contributed by atoms with van der Waals surface area (Å²) in [6, 6.07) is 25.8. The molecule has 5 aromatic rings. The number of aromatic nitrogens is 4. The summed E-state index contributed by atoms with van der Waals surface area (Å²) in [4.78, 5) is 23.5. The highest BCUT2D eigenvalue weighted by molar-refractivity contribution is 5.81. The number of nitrogens with zero attached hydrogens (tertiary/aromatic N) is 4. The maximum atomic E-state index is 11.8. The summed E-state index contributed by atoms with van der Waals surface area (Å²) in [5.74, 6) is 1.63. The van der Waals surface area contributed by atoms with Gasteiger partial charge in [-0.2, -0.15) is 19.6 Å². The Kier molecular flexibility index (Phi) is 6.15. The molecule has 2 heterocycles. The van der Waals surface area contributed by atoms with Gasteiger partial charge in [-0.25, -0.2) is 0 Å². The second kappa shape index (κ2) is 9.71. The van der Waals surface area contributed by atoms with E-state index in [4.69, 9.17) is 9.47 Å². The number of carbonyl (C=O) groups is 2. The average Bonchev–Trinajstić information content (AvgIpc) is 3.41. The second-order valence-corrected chi connectivity index (χ2v) is 8.01. The van der Waals surface area contributed by atoms with Gasteiger partial charge in [-0.15, -0.1) is 0 Å². The maximum absolute atomic E-state index is 11.8. The molecule has 0 bridgehead atoms. The third kappa shape index (κ3) is 4.27. The minimum Gasteiger partial charge on any atom is -0.438 e. The monoisotopic (exact) mass is 478 g/mol. The lowest BCUT2D eigenvalue weighted by Crippen LogP contribution is -2.01.